The highest BCUT2D eigenvalue weighted by Crippen LogP contribution is 2.28. The predicted octanol–water partition coefficient (Wildman–Crippen LogP) is 2.99. The molecule has 1 N–H and O–H groups in total. The van der Waals surface area contributed by atoms with Gasteiger partial charge in [0, 0.05) is 11.6 Å². The van der Waals surface area contributed by atoms with Crippen LogP contribution in [0, 0.1) is 6.92 Å². The lowest BCUT2D eigenvalue weighted by Crippen LogP contribution is -2.33. The van der Waals surface area contributed by atoms with Gasteiger partial charge in [0.2, 0.25) is 5.91 Å². The average Bonchev–Trinajstić information content (AvgIpc) is 3.26. The first-order chi connectivity index (χ1) is 13.0. The number of anilines is 1. The zero-order valence-electron chi connectivity index (χ0n) is 15.0. The van der Waals surface area contributed by atoms with Crippen molar-refractivity contribution in [2.24, 2.45) is 0 Å². The van der Waals surface area contributed by atoms with Gasteiger partial charge in [0.15, 0.2) is 5.13 Å². The number of thiazole rings is 1. The summed E-state index contributed by atoms with van der Waals surface area (Å²) in [6, 6.07) is -0.733. The van der Waals surface area contributed by atoms with E-state index in [0.717, 1.165) is 11.3 Å². The van der Waals surface area contributed by atoms with Crippen molar-refractivity contribution in [3.63, 3.8) is 0 Å². The van der Waals surface area contributed by atoms with Gasteiger partial charge in [-0.15, -0.1) is 22.7 Å². The fourth-order valence-corrected chi connectivity index (χ4v) is 4.30. The molecule has 0 radical (unpaired) electrons. The van der Waals surface area contributed by atoms with Crippen molar-refractivity contribution in [3.8, 4) is 0 Å². The minimum atomic E-state index is -0.733. The lowest BCUT2D eigenvalue weighted by molar-refractivity contribution is -0.119. The van der Waals surface area contributed by atoms with Crippen LogP contribution in [-0.4, -0.2) is 33.0 Å². The van der Waals surface area contributed by atoms with Crippen molar-refractivity contribution < 1.29 is 14.3 Å². The maximum Gasteiger partial charge on any atom is 0.348 e. The number of rotatable bonds is 6. The van der Waals surface area contributed by atoms with Crippen LogP contribution in [0.4, 0.5) is 5.13 Å². The molecule has 0 bridgehead atoms. The monoisotopic (exact) mass is 406 g/mol. The largest absolute Gasteiger partial charge is 0.462 e. The van der Waals surface area contributed by atoms with Crippen LogP contribution in [0.25, 0.3) is 10.2 Å². The first kappa shape index (κ1) is 19.2. The van der Waals surface area contributed by atoms with E-state index in [2.05, 4.69) is 15.3 Å². The van der Waals surface area contributed by atoms with Crippen LogP contribution in [0.5, 0.6) is 0 Å². The fraction of sp³-hybridized carbons (Fsp3) is 0.353. The molecule has 1 amide bonds. The lowest BCUT2D eigenvalue weighted by atomic mass is 10.2. The fourth-order valence-electron chi connectivity index (χ4n) is 2.73. The Morgan fingerprint density at radius 2 is 2.11 bits per heavy atom. The predicted molar refractivity (Wildman–Crippen MR) is 105 cm³/mol. The summed E-state index contributed by atoms with van der Waals surface area (Å²) < 4.78 is 6.34. The zero-order chi connectivity index (χ0) is 19.6. The Morgan fingerprint density at radius 3 is 2.74 bits per heavy atom. The molecule has 3 heterocycles. The van der Waals surface area contributed by atoms with E-state index in [-0.39, 0.29) is 18.1 Å². The Hall–Kier alpha value is -2.59. The first-order valence-corrected chi connectivity index (χ1v) is 10.0. The number of aromatic nitrogens is 3. The summed E-state index contributed by atoms with van der Waals surface area (Å²) in [4.78, 5) is 46.9. The van der Waals surface area contributed by atoms with E-state index in [1.165, 1.54) is 22.2 Å². The van der Waals surface area contributed by atoms with E-state index in [4.69, 9.17) is 4.74 Å². The number of aryl methyl sites for hydroxylation is 1. The molecule has 0 aromatic carbocycles. The summed E-state index contributed by atoms with van der Waals surface area (Å²) >= 11 is 2.42. The molecule has 0 saturated carbocycles. The molecule has 0 saturated heterocycles. The highest BCUT2D eigenvalue weighted by atomic mass is 32.1. The van der Waals surface area contributed by atoms with Crippen LogP contribution < -0.4 is 10.9 Å². The SMILES string of the molecule is CCOC(=O)c1sc2ncn(C(CC)C(=O)Nc3nccs3)c(=O)c2c1C. The molecule has 10 heteroatoms. The van der Waals surface area contributed by atoms with Crippen LogP contribution in [0.2, 0.25) is 0 Å². The Balaban J connectivity index is 2.02. The summed E-state index contributed by atoms with van der Waals surface area (Å²) in [6.07, 6.45) is 3.34. The number of fused-ring (bicyclic) bond motifs is 1. The molecule has 0 aliphatic heterocycles. The summed E-state index contributed by atoms with van der Waals surface area (Å²) in [5, 5.41) is 5.27. The van der Waals surface area contributed by atoms with E-state index < -0.39 is 12.0 Å². The van der Waals surface area contributed by atoms with Gasteiger partial charge in [0.05, 0.1) is 18.3 Å². The third-order valence-electron chi connectivity index (χ3n) is 4.02. The third kappa shape index (κ3) is 3.62. The second-order valence-electron chi connectivity index (χ2n) is 5.66. The highest BCUT2D eigenvalue weighted by molar-refractivity contribution is 7.20. The average molecular weight is 406 g/mol. The number of amides is 1. The molecule has 0 spiro atoms. The van der Waals surface area contributed by atoms with Crippen molar-refractivity contribution in [2.45, 2.75) is 33.2 Å². The third-order valence-corrected chi connectivity index (χ3v) is 5.89. The molecule has 142 valence electrons. The van der Waals surface area contributed by atoms with Gasteiger partial charge < -0.3 is 10.1 Å². The van der Waals surface area contributed by atoms with Crippen molar-refractivity contribution in [2.75, 3.05) is 11.9 Å². The molecule has 1 unspecified atom stereocenters. The highest BCUT2D eigenvalue weighted by Gasteiger charge is 2.25. The number of ether oxygens (including phenoxy) is 1. The quantitative estimate of drug-likeness (QED) is 0.631. The number of carbonyl (C=O) groups is 2. The van der Waals surface area contributed by atoms with Gasteiger partial charge in [-0.3, -0.25) is 14.2 Å². The normalized spacial score (nSPS) is 12.1. The van der Waals surface area contributed by atoms with E-state index in [1.807, 2.05) is 6.92 Å². The molecule has 0 fully saturated rings. The molecule has 3 aromatic heterocycles. The van der Waals surface area contributed by atoms with E-state index in [1.54, 1.807) is 25.4 Å². The molecule has 1 atom stereocenters. The van der Waals surface area contributed by atoms with Crippen LogP contribution >= 0.6 is 22.7 Å². The Labute approximate surface area is 162 Å². The molecule has 3 aromatic rings. The molecule has 27 heavy (non-hydrogen) atoms. The van der Waals surface area contributed by atoms with Crippen LogP contribution in [-0.2, 0) is 9.53 Å². The van der Waals surface area contributed by atoms with E-state index in [9.17, 15) is 14.4 Å². The smallest absolute Gasteiger partial charge is 0.348 e. The summed E-state index contributed by atoms with van der Waals surface area (Å²) in [7, 11) is 0. The van der Waals surface area contributed by atoms with Crippen LogP contribution in [0.1, 0.15) is 41.5 Å². The number of hydrogen-bond acceptors (Lipinski definition) is 8. The summed E-state index contributed by atoms with van der Waals surface area (Å²) in [5.41, 5.74) is 0.168. The molecule has 0 aliphatic rings. The van der Waals surface area contributed by atoms with Gasteiger partial charge in [-0.25, -0.2) is 14.8 Å². The topological polar surface area (TPSA) is 103 Å². The molecule has 3 rings (SSSR count). The Kier molecular flexibility index (Phi) is 5.66. The number of carbonyl (C=O) groups excluding carboxylic acids is 2. The first-order valence-electron chi connectivity index (χ1n) is 8.35. The van der Waals surface area contributed by atoms with Gasteiger partial charge in [0.1, 0.15) is 15.7 Å². The number of hydrogen-bond donors (Lipinski definition) is 1. The van der Waals surface area contributed by atoms with Gasteiger partial charge in [-0.1, -0.05) is 6.92 Å². The Bertz CT molecular complexity index is 1040. The number of nitrogens with zero attached hydrogens (tertiary/aromatic N) is 3. The van der Waals surface area contributed by atoms with Crippen molar-refractivity contribution >= 4 is 49.9 Å². The summed E-state index contributed by atoms with van der Waals surface area (Å²) in [6.45, 7) is 5.47. The van der Waals surface area contributed by atoms with E-state index in [0.29, 0.717) is 32.2 Å². The van der Waals surface area contributed by atoms with Crippen molar-refractivity contribution in [1.29, 1.82) is 0 Å². The second kappa shape index (κ2) is 7.97. The minimum Gasteiger partial charge on any atom is -0.462 e. The number of esters is 1. The molecular formula is C17H18N4O4S2. The van der Waals surface area contributed by atoms with Crippen molar-refractivity contribution in [3.05, 3.63) is 38.7 Å². The molecule has 0 aliphatic carbocycles. The second-order valence-corrected chi connectivity index (χ2v) is 7.56. The van der Waals surface area contributed by atoms with E-state index >= 15 is 0 Å². The lowest BCUT2D eigenvalue weighted by Gasteiger charge is -2.16. The summed E-state index contributed by atoms with van der Waals surface area (Å²) in [5.74, 6) is -0.813. The maximum atomic E-state index is 13.0. The maximum absolute atomic E-state index is 13.0. The molecule has 8 nitrogen and oxygen atoms in total. The van der Waals surface area contributed by atoms with Gasteiger partial charge >= 0.3 is 5.97 Å². The van der Waals surface area contributed by atoms with Gasteiger partial charge in [0.25, 0.3) is 5.56 Å². The van der Waals surface area contributed by atoms with Gasteiger partial charge in [-0.05, 0) is 25.8 Å². The van der Waals surface area contributed by atoms with Gasteiger partial charge in [-0.2, -0.15) is 0 Å². The zero-order valence-corrected chi connectivity index (χ0v) is 16.6. The number of thiophene rings is 1. The van der Waals surface area contributed by atoms with Crippen molar-refractivity contribution in [1.82, 2.24) is 14.5 Å². The number of nitrogens with one attached hydrogen (secondary N) is 1. The minimum absolute atomic E-state index is 0.249. The van der Waals surface area contributed by atoms with Crippen LogP contribution in [0.15, 0.2) is 22.7 Å². The standard InChI is InChI=1S/C17H18N4O4S2/c1-4-10(13(22)20-17-18-6-7-26-17)21-8-19-14-11(15(21)23)9(3)12(27-14)16(24)25-5-2/h6-8,10H,4-5H2,1-3H3,(H,18,20,22). The Morgan fingerprint density at radius 1 is 1.33 bits per heavy atom. The molecular weight excluding hydrogens is 388 g/mol. The van der Waals surface area contributed by atoms with Crippen LogP contribution in [0.3, 0.4) is 0 Å².